The number of phenolic OH excluding ortho intramolecular Hbond substituents is 1. The number of β-amino-alcohol motifs (C(OH)–C–C–N with tert-alkyl or cyclic N) is 1. The highest BCUT2D eigenvalue weighted by molar-refractivity contribution is 5.97. The lowest BCUT2D eigenvalue weighted by atomic mass is 10.0. The third-order valence-electron chi connectivity index (χ3n) is 3.69. The smallest absolute Gasteiger partial charge is 0.257 e. The van der Waals surface area contributed by atoms with E-state index in [-0.39, 0.29) is 11.7 Å². The number of hydrogen-bond donors (Lipinski definition) is 2. The number of phenols is 1. The second-order valence-electron chi connectivity index (χ2n) is 5.38. The Morgan fingerprint density at radius 1 is 1.10 bits per heavy atom. The number of aliphatic hydroxyl groups excluding tert-OH is 1. The van der Waals surface area contributed by atoms with Crippen LogP contribution in [0.2, 0.25) is 0 Å². The van der Waals surface area contributed by atoms with Crippen LogP contribution in [0.1, 0.15) is 21.5 Å². The predicted molar refractivity (Wildman–Crippen MR) is 79.3 cm³/mol. The fourth-order valence-corrected chi connectivity index (χ4v) is 2.49. The van der Waals surface area contributed by atoms with Crippen molar-refractivity contribution in [3.05, 3.63) is 65.2 Å². The van der Waals surface area contributed by atoms with Crippen molar-refractivity contribution < 1.29 is 15.0 Å². The van der Waals surface area contributed by atoms with Gasteiger partial charge < -0.3 is 15.1 Å². The molecule has 0 saturated carbocycles. The third kappa shape index (κ3) is 2.90. The molecule has 4 nitrogen and oxygen atoms in total. The van der Waals surface area contributed by atoms with Crippen LogP contribution in [0.5, 0.6) is 5.75 Å². The molecule has 2 aromatic rings. The molecule has 0 spiro atoms. The quantitative estimate of drug-likeness (QED) is 0.903. The SMILES string of the molecule is O=C(c1cc(Cc2ccccc2)ccc1O)N1CC(O)C1. The average molecular weight is 283 g/mol. The van der Waals surface area contributed by atoms with E-state index < -0.39 is 6.10 Å². The van der Waals surface area contributed by atoms with Crippen LogP contribution in [0.4, 0.5) is 0 Å². The number of hydrogen-bond acceptors (Lipinski definition) is 3. The first kappa shape index (κ1) is 13.6. The van der Waals surface area contributed by atoms with Gasteiger partial charge in [-0.15, -0.1) is 0 Å². The number of amides is 1. The van der Waals surface area contributed by atoms with Crippen molar-refractivity contribution in [3.63, 3.8) is 0 Å². The molecular formula is C17H17NO3. The molecule has 108 valence electrons. The van der Waals surface area contributed by atoms with Gasteiger partial charge in [-0.3, -0.25) is 4.79 Å². The van der Waals surface area contributed by atoms with E-state index in [2.05, 4.69) is 0 Å². The Labute approximate surface area is 123 Å². The second-order valence-corrected chi connectivity index (χ2v) is 5.38. The van der Waals surface area contributed by atoms with Crippen molar-refractivity contribution in [1.29, 1.82) is 0 Å². The minimum atomic E-state index is -0.441. The van der Waals surface area contributed by atoms with Gasteiger partial charge in [-0.1, -0.05) is 36.4 Å². The molecule has 3 rings (SSSR count). The van der Waals surface area contributed by atoms with E-state index in [1.165, 1.54) is 4.90 Å². The maximum Gasteiger partial charge on any atom is 0.257 e. The highest BCUT2D eigenvalue weighted by Gasteiger charge is 2.30. The van der Waals surface area contributed by atoms with Gasteiger partial charge in [-0.2, -0.15) is 0 Å². The summed E-state index contributed by atoms with van der Waals surface area (Å²) in [5.74, 6) is -0.245. The third-order valence-corrected chi connectivity index (χ3v) is 3.69. The molecule has 1 heterocycles. The fourth-order valence-electron chi connectivity index (χ4n) is 2.49. The molecule has 1 saturated heterocycles. The summed E-state index contributed by atoms with van der Waals surface area (Å²) in [5.41, 5.74) is 2.43. The fraction of sp³-hybridized carbons (Fsp3) is 0.235. The monoisotopic (exact) mass is 283 g/mol. The Bertz CT molecular complexity index is 648. The first-order valence-electron chi connectivity index (χ1n) is 6.96. The number of aliphatic hydroxyl groups is 1. The zero-order valence-electron chi connectivity index (χ0n) is 11.6. The van der Waals surface area contributed by atoms with Crippen LogP contribution in [0.15, 0.2) is 48.5 Å². The number of benzene rings is 2. The Kier molecular flexibility index (Phi) is 3.62. The molecule has 0 radical (unpaired) electrons. The summed E-state index contributed by atoms with van der Waals surface area (Å²) < 4.78 is 0. The van der Waals surface area contributed by atoms with E-state index in [0.29, 0.717) is 25.1 Å². The molecule has 0 bridgehead atoms. The van der Waals surface area contributed by atoms with Crippen LogP contribution in [0.25, 0.3) is 0 Å². The van der Waals surface area contributed by atoms with Gasteiger partial charge in [0.25, 0.3) is 5.91 Å². The van der Waals surface area contributed by atoms with Crippen molar-refractivity contribution in [2.75, 3.05) is 13.1 Å². The topological polar surface area (TPSA) is 60.8 Å². The molecule has 1 fully saturated rings. The van der Waals surface area contributed by atoms with Crippen LogP contribution < -0.4 is 0 Å². The molecule has 1 amide bonds. The summed E-state index contributed by atoms with van der Waals surface area (Å²) in [5, 5.41) is 19.2. The van der Waals surface area contributed by atoms with Crippen LogP contribution in [-0.4, -0.2) is 40.2 Å². The Morgan fingerprint density at radius 3 is 2.48 bits per heavy atom. The number of nitrogens with zero attached hydrogens (tertiary/aromatic N) is 1. The van der Waals surface area contributed by atoms with Crippen molar-refractivity contribution in [1.82, 2.24) is 4.90 Å². The molecule has 1 aliphatic rings. The van der Waals surface area contributed by atoms with E-state index in [1.807, 2.05) is 36.4 Å². The van der Waals surface area contributed by atoms with Gasteiger partial charge in [-0.25, -0.2) is 0 Å². The first-order chi connectivity index (χ1) is 10.1. The highest BCUT2D eigenvalue weighted by atomic mass is 16.3. The minimum Gasteiger partial charge on any atom is -0.507 e. The predicted octanol–water partition coefficient (Wildman–Crippen LogP) is 1.80. The van der Waals surface area contributed by atoms with Gasteiger partial charge in [0.1, 0.15) is 5.75 Å². The normalized spacial score (nSPS) is 14.8. The highest BCUT2D eigenvalue weighted by Crippen LogP contribution is 2.24. The number of aromatic hydroxyl groups is 1. The van der Waals surface area contributed by atoms with Crippen LogP contribution in [0, 0.1) is 0 Å². The molecule has 1 aliphatic heterocycles. The largest absolute Gasteiger partial charge is 0.507 e. The number of likely N-dealkylation sites (tertiary alicyclic amines) is 1. The van der Waals surface area contributed by atoms with Crippen molar-refractivity contribution in [2.45, 2.75) is 12.5 Å². The average Bonchev–Trinajstić information content (AvgIpc) is 2.46. The number of carbonyl (C=O) groups is 1. The lowest BCUT2D eigenvalue weighted by molar-refractivity contribution is 0.00570. The number of carbonyl (C=O) groups excluding carboxylic acids is 1. The van der Waals surface area contributed by atoms with Crippen LogP contribution in [-0.2, 0) is 6.42 Å². The van der Waals surface area contributed by atoms with E-state index in [0.717, 1.165) is 11.1 Å². The zero-order valence-corrected chi connectivity index (χ0v) is 11.6. The van der Waals surface area contributed by atoms with Gasteiger partial charge in [-0.05, 0) is 29.7 Å². The summed E-state index contributed by atoms with van der Waals surface area (Å²) in [6.07, 6.45) is 0.271. The van der Waals surface area contributed by atoms with Crippen LogP contribution in [0.3, 0.4) is 0 Å². The van der Waals surface area contributed by atoms with Gasteiger partial charge >= 0.3 is 0 Å². The summed E-state index contributed by atoms with van der Waals surface area (Å²) in [4.78, 5) is 13.8. The van der Waals surface area contributed by atoms with Crippen LogP contribution >= 0.6 is 0 Å². The lowest BCUT2D eigenvalue weighted by Gasteiger charge is -2.36. The van der Waals surface area contributed by atoms with Crippen molar-refractivity contribution in [3.8, 4) is 5.75 Å². The minimum absolute atomic E-state index is 0.0156. The van der Waals surface area contributed by atoms with E-state index in [4.69, 9.17) is 0 Å². The summed E-state index contributed by atoms with van der Waals surface area (Å²) >= 11 is 0. The molecule has 0 aliphatic carbocycles. The molecule has 21 heavy (non-hydrogen) atoms. The van der Waals surface area contributed by atoms with Gasteiger partial charge in [0.15, 0.2) is 0 Å². The van der Waals surface area contributed by atoms with Crippen molar-refractivity contribution >= 4 is 5.91 Å². The Balaban J connectivity index is 1.81. The maximum absolute atomic E-state index is 12.3. The summed E-state index contributed by atoms with van der Waals surface area (Å²) in [6.45, 7) is 0.669. The molecule has 4 heteroatoms. The Morgan fingerprint density at radius 2 is 1.81 bits per heavy atom. The molecule has 0 aromatic heterocycles. The second kappa shape index (κ2) is 5.58. The molecule has 0 atom stereocenters. The standard InChI is InChI=1S/C17H17NO3/c19-14-10-18(11-14)17(21)15-9-13(6-7-16(15)20)8-12-4-2-1-3-5-12/h1-7,9,14,19-20H,8,10-11H2. The molecule has 0 unspecified atom stereocenters. The summed E-state index contributed by atoms with van der Waals surface area (Å²) in [7, 11) is 0. The van der Waals surface area contributed by atoms with Gasteiger partial charge in [0.2, 0.25) is 0 Å². The van der Waals surface area contributed by atoms with Crippen molar-refractivity contribution in [2.24, 2.45) is 0 Å². The molecular weight excluding hydrogens is 266 g/mol. The molecule has 2 N–H and O–H groups in total. The lowest BCUT2D eigenvalue weighted by Crippen LogP contribution is -2.53. The van der Waals surface area contributed by atoms with E-state index in [1.54, 1.807) is 12.1 Å². The van der Waals surface area contributed by atoms with Gasteiger partial charge in [0.05, 0.1) is 11.7 Å². The zero-order chi connectivity index (χ0) is 14.8. The Hall–Kier alpha value is -2.33. The first-order valence-corrected chi connectivity index (χ1v) is 6.96. The van der Waals surface area contributed by atoms with Gasteiger partial charge in [0, 0.05) is 13.1 Å². The van der Waals surface area contributed by atoms with E-state index >= 15 is 0 Å². The van der Waals surface area contributed by atoms with E-state index in [9.17, 15) is 15.0 Å². The summed E-state index contributed by atoms with van der Waals surface area (Å²) in [6, 6.07) is 15.1. The number of rotatable bonds is 3. The molecule has 2 aromatic carbocycles. The maximum atomic E-state index is 12.3.